The van der Waals surface area contributed by atoms with Crippen LogP contribution in [0.3, 0.4) is 0 Å². The molecule has 0 radical (unpaired) electrons. The zero-order valence-electron chi connectivity index (χ0n) is 26.2. The Kier molecular flexibility index (Phi) is 13.6. The van der Waals surface area contributed by atoms with Gasteiger partial charge in [-0.05, 0) is 55.6 Å². The number of benzene rings is 2. The van der Waals surface area contributed by atoms with Gasteiger partial charge in [-0.25, -0.2) is 4.79 Å². The Balaban J connectivity index is 1.41. The van der Waals surface area contributed by atoms with Crippen molar-refractivity contribution in [2.24, 2.45) is 5.92 Å². The lowest BCUT2D eigenvalue weighted by molar-refractivity contribution is -0.142. The highest BCUT2D eigenvalue weighted by Gasteiger charge is 2.38. The van der Waals surface area contributed by atoms with E-state index in [4.69, 9.17) is 4.74 Å². The fourth-order valence-corrected chi connectivity index (χ4v) is 6.27. The minimum atomic E-state index is -0.764. The van der Waals surface area contributed by atoms with Crippen molar-refractivity contribution in [2.45, 2.75) is 62.3 Å². The zero-order valence-corrected chi connectivity index (χ0v) is 27.1. The maximum absolute atomic E-state index is 14.1. The van der Waals surface area contributed by atoms with E-state index in [1.54, 1.807) is 16.8 Å². The van der Waals surface area contributed by atoms with Gasteiger partial charge in [0.15, 0.2) is 0 Å². The molecular weight excluding hydrogens is 590 g/mol. The number of nitrogens with zero attached hydrogens (tertiary/aromatic N) is 2. The fourth-order valence-electron chi connectivity index (χ4n) is 6.01. The molecule has 2 saturated heterocycles. The summed E-state index contributed by atoms with van der Waals surface area (Å²) in [6, 6.07) is 18.3. The van der Waals surface area contributed by atoms with Crippen LogP contribution in [-0.4, -0.2) is 97.3 Å². The average molecular weight is 638 g/mol. The van der Waals surface area contributed by atoms with Crippen molar-refractivity contribution < 1.29 is 23.9 Å². The number of amides is 5. The first-order valence-electron chi connectivity index (χ1n) is 16.0. The molecule has 0 aromatic heterocycles. The topological polar surface area (TPSA) is 120 Å². The molecule has 45 heavy (non-hydrogen) atoms. The van der Waals surface area contributed by atoms with E-state index >= 15 is 0 Å². The molecule has 0 aliphatic carbocycles. The van der Waals surface area contributed by atoms with E-state index in [0.717, 1.165) is 24.8 Å². The Hall–Kier alpha value is -3.57. The number of ether oxygens (including phenoxy) is 1. The van der Waals surface area contributed by atoms with Crippen LogP contribution < -0.4 is 16.0 Å². The van der Waals surface area contributed by atoms with Gasteiger partial charge in [0, 0.05) is 39.6 Å². The quantitative estimate of drug-likeness (QED) is 0.199. The summed E-state index contributed by atoms with van der Waals surface area (Å²) in [5.74, 6) is -0.612. The number of likely N-dealkylation sites (tertiary alicyclic amines) is 1. The summed E-state index contributed by atoms with van der Waals surface area (Å²) in [6.45, 7) is 3.05. The molecule has 11 heteroatoms. The second kappa shape index (κ2) is 17.8. The third-order valence-electron chi connectivity index (χ3n) is 8.66. The van der Waals surface area contributed by atoms with E-state index < -0.39 is 17.3 Å². The number of thiol groups is 1. The highest BCUT2D eigenvalue weighted by atomic mass is 32.1. The molecule has 244 valence electrons. The number of hydrogen-bond acceptors (Lipinski definition) is 6. The minimum Gasteiger partial charge on any atom is -0.378 e. The van der Waals surface area contributed by atoms with E-state index in [9.17, 15) is 19.2 Å². The molecule has 2 aliphatic heterocycles. The maximum Gasteiger partial charge on any atom is 0.317 e. The van der Waals surface area contributed by atoms with Crippen LogP contribution in [0.25, 0.3) is 0 Å². The molecule has 2 aliphatic rings. The van der Waals surface area contributed by atoms with Crippen molar-refractivity contribution >= 4 is 36.4 Å². The summed E-state index contributed by atoms with van der Waals surface area (Å²) in [5, 5.41) is 7.99. The maximum atomic E-state index is 14.1. The number of aryl methyl sites for hydroxylation is 1. The van der Waals surface area contributed by atoms with Crippen molar-refractivity contribution in [3.8, 4) is 0 Å². The molecule has 0 bridgehead atoms. The largest absolute Gasteiger partial charge is 0.378 e. The number of likely N-dealkylation sites (N-methyl/N-ethyl adjacent to an activating group) is 1. The van der Waals surface area contributed by atoms with Crippen LogP contribution in [0.1, 0.15) is 43.2 Å². The summed E-state index contributed by atoms with van der Waals surface area (Å²) >= 11 is 4.56. The molecule has 2 aromatic carbocycles. The monoisotopic (exact) mass is 637 g/mol. The van der Waals surface area contributed by atoms with E-state index in [1.807, 2.05) is 48.5 Å². The van der Waals surface area contributed by atoms with Gasteiger partial charge in [-0.3, -0.25) is 14.4 Å². The Labute approximate surface area is 272 Å². The van der Waals surface area contributed by atoms with Gasteiger partial charge in [-0.2, -0.15) is 12.6 Å². The Bertz CT molecular complexity index is 1240. The zero-order chi connectivity index (χ0) is 32.0. The number of carbonyl (C=O) groups excluding carboxylic acids is 4. The fraction of sp³-hybridized carbons (Fsp3) is 0.529. The van der Waals surface area contributed by atoms with E-state index in [2.05, 4.69) is 40.7 Å². The van der Waals surface area contributed by atoms with Gasteiger partial charge in [0.1, 0.15) is 12.1 Å². The molecule has 0 saturated carbocycles. The van der Waals surface area contributed by atoms with Gasteiger partial charge < -0.3 is 30.5 Å². The van der Waals surface area contributed by atoms with Crippen molar-refractivity contribution in [3.05, 3.63) is 71.8 Å². The molecular formula is C34H47N5O5S. The molecule has 3 N–H and O–H groups in total. The molecule has 0 spiro atoms. The first-order valence-corrected chi connectivity index (χ1v) is 16.6. The van der Waals surface area contributed by atoms with Crippen LogP contribution in [0.5, 0.6) is 0 Å². The first kappa shape index (κ1) is 34.3. The Morgan fingerprint density at radius 2 is 1.62 bits per heavy atom. The molecule has 2 heterocycles. The highest BCUT2D eigenvalue weighted by Crippen LogP contribution is 2.26. The van der Waals surface area contributed by atoms with Gasteiger partial charge in [-0.15, -0.1) is 0 Å². The van der Waals surface area contributed by atoms with Crippen LogP contribution in [0, 0.1) is 5.92 Å². The minimum absolute atomic E-state index is 0.134. The highest BCUT2D eigenvalue weighted by molar-refractivity contribution is 7.81. The number of nitrogens with one attached hydrogen (secondary N) is 3. The summed E-state index contributed by atoms with van der Waals surface area (Å²) in [5.41, 5.74) is 2.19. The number of morpholine rings is 1. The standard InChI is InChI=1S/C34H47N5O5S/c1-35-31(40)29(24-26-11-6-3-7-12-26)39-18-16-27(15-14-25-9-4-2-5-10-25)23-28(33(39)42)37-32(41)30(45)13-8-17-36-34(43)38-19-21-44-22-20-38/h2-7,9-12,27-30,45H,8,13-24H2,1H3,(H,35,40)(H,36,43)(H,37,41)/t27-,28-,29-,30-/m0/s1. The van der Waals surface area contributed by atoms with Crippen molar-refractivity contribution in [2.75, 3.05) is 46.4 Å². The molecule has 5 amide bonds. The third kappa shape index (κ3) is 10.5. The molecule has 4 atom stereocenters. The summed E-state index contributed by atoms with van der Waals surface area (Å²) in [4.78, 5) is 56.3. The van der Waals surface area contributed by atoms with Crippen LogP contribution in [0.2, 0.25) is 0 Å². The van der Waals surface area contributed by atoms with Crippen molar-refractivity contribution in [1.82, 2.24) is 25.8 Å². The van der Waals surface area contributed by atoms with Gasteiger partial charge in [0.25, 0.3) is 0 Å². The average Bonchev–Trinajstić information content (AvgIpc) is 3.23. The summed E-state index contributed by atoms with van der Waals surface area (Å²) in [6.07, 6.45) is 4.36. The Morgan fingerprint density at radius 1 is 0.956 bits per heavy atom. The second-order valence-electron chi connectivity index (χ2n) is 11.8. The predicted octanol–water partition coefficient (Wildman–Crippen LogP) is 2.82. The smallest absolute Gasteiger partial charge is 0.317 e. The van der Waals surface area contributed by atoms with Crippen LogP contribution in [0.15, 0.2) is 60.7 Å². The lowest BCUT2D eigenvalue weighted by Crippen LogP contribution is -2.56. The third-order valence-corrected chi connectivity index (χ3v) is 9.15. The van der Waals surface area contributed by atoms with Crippen molar-refractivity contribution in [3.63, 3.8) is 0 Å². The number of rotatable bonds is 13. The van der Waals surface area contributed by atoms with Gasteiger partial charge in [0.2, 0.25) is 17.7 Å². The van der Waals surface area contributed by atoms with E-state index in [0.29, 0.717) is 65.1 Å². The van der Waals surface area contributed by atoms with Crippen LogP contribution in [-0.2, 0) is 32.0 Å². The van der Waals surface area contributed by atoms with Crippen LogP contribution >= 0.6 is 12.6 Å². The molecule has 2 fully saturated rings. The predicted molar refractivity (Wildman–Crippen MR) is 177 cm³/mol. The molecule has 2 aromatic rings. The van der Waals surface area contributed by atoms with E-state index in [1.165, 1.54) is 5.56 Å². The summed E-state index contributed by atoms with van der Waals surface area (Å²) < 4.78 is 5.29. The lowest BCUT2D eigenvalue weighted by atomic mass is 9.91. The Morgan fingerprint density at radius 3 is 2.29 bits per heavy atom. The number of hydrogen-bond donors (Lipinski definition) is 4. The van der Waals surface area contributed by atoms with Gasteiger partial charge in [0.05, 0.1) is 18.5 Å². The van der Waals surface area contributed by atoms with Gasteiger partial charge in [-0.1, -0.05) is 60.7 Å². The lowest BCUT2D eigenvalue weighted by Gasteiger charge is -2.32. The number of urea groups is 1. The van der Waals surface area contributed by atoms with E-state index in [-0.39, 0.29) is 29.7 Å². The molecule has 0 unspecified atom stereocenters. The summed E-state index contributed by atoms with van der Waals surface area (Å²) in [7, 11) is 1.58. The normalized spacial score (nSPS) is 20.1. The first-order chi connectivity index (χ1) is 21.9. The number of carbonyl (C=O) groups is 4. The van der Waals surface area contributed by atoms with Crippen molar-refractivity contribution in [1.29, 1.82) is 0 Å². The SMILES string of the molecule is CNC(=O)[C@H](Cc1ccccc1)N1CC[C@H](CCc2ccccc2)C[C@H](NC(=O)[C@@H](S)CCCNC(=O)N2CCOCC2)C1=O. The molecule has 4 rings (SSSR count). The van der Waals surface area contributed by atoms with Gasteiger partial charge >= 0.3 is 6.03 Å². The molecule has 10 nitrogen and oxygen atoms in total. The second-order valence-corrected chi connectivity index (χ2v) is 12.4. The van der Waals surface area contributed by atoms with Crippen LogP contribution in [0.4, 0.5) is 4.79 Å².